The molecule has 0 atom stereocenters. The monoisotopic (exact) mass is 261 g/mol. The van der Waals surface area contributed by atoms with Crippen LogP contribution in [0, 0.1) is 0 Å². The number of rotatable bonds is 0. The van der Waals surface area contributed by atoms with E-state index in [2.05, 4.69) is 15.9 Å². The summed E-state index contributed by atoms with van der Waals surface area (Å²) in [7, 11) is -1.64. The molecule has 0 saturated carbocycles. The van der Waals surface area contributed by atoms with E-state index < -0.39 is 10.0 Å². The van der Waals surface area contributed by atoms with E-state index in [9.17, 15) is 8.42 Å². The quantitative estimate of drug-likeness (QED) is 0.712. The first-order valence-corrected chi connectivity index (χ1v) is 6.00. The van der Waals surface area contributed by atoms with Crippen LogP contribution in [0.2, 0.25) is 0 Å². The van der Waals surface area contributed by atoms with E-state index in [1.54, 1.807) is 13.1 Å². The summed E-state index contributed by atoms with van der Waals surface area (Å²) in [6.45, 7) is 0.469. The highest BCUT2D eigenvalue weighted by molar-refractivity contribution is 9.10. The third-order valence-electron chi connectivity index (χ3n) is 2.11. The summed E-state index contributed by atoms with van der Waals surface area (Å²) < 4.78 is 25.4. The highest BCUT2D eigenvalue weighted by atomic mass is 79.9. The molecule has 0 aromatic heterocycles. The largest absolute Gasteiger partial charge is 0.244 e. The first kappa shape index (κ1) is 9.18. The van der Waals surface area contributed by atoms with Crippen LogP contribution in [0.5, 0.6) is 0 Å². The minimum absolute atomic E-state index is 0.414. The Labute approximate surface area is 85.5 Å². The van der Waals surface area contributed by atoms with Crippen molar-refractivity contribution < 1.29 is 8.42 Å². The summed E-state index contributed by atoms with van der Waals surface area (Å²) in [6.07, 6.45) is 0. The van der Waals surface area contributed by atoms with Crippen molar-refractivity contribution in [1.29, 1.82) is 0 Å². The summed E-state index contributed by atoms with van der Waals surface area (Å²) in [6, 6.07) is 5.42. The normalized spacial score (nSPS) is 20.2. The van der Waals surface area contributed by atoms with E-state index in [0.29, 0.717) is 15.9 Å². The molecule has 5 heteroatoms. The second kappa shape index (κ2) is 2.80. The standard InChI is InChI=1S/C8H8BrNO2S/c1-10-5-6-3-2-4-7(9)8(6)13(10,11)12/h2-4H,5H2,1H3. The molecule has 3 nitrogen and oxygen atoms in total. The molecule has 0 bridgehead atoms. The van der Waals surface area contributed by atoms with Crippen molar-refractivity contribution >= 4 is 26.0 Å². The molecular weight excluding hydrogens is 254 g/mol. The molecule has 0 aliphatic carbocycles. The van der Waals surface area contributed by atoms with Crippen molar-refractivity contribution in [3.63, 3.8) is 0 Å². The van der Waals surface area contributed by atoms with Gasteiger partial charge < -0.3 is 0 Å². The molecule has 0 saturated heterocycles. The lowest BCUT2D eigenvalue weighted by molar-refractivity contribution is 0.488. The molecule has 1 heterocycles. The Hall–Kier alpha value is -0.390. The molecule has 0 spiro atoms. The van der Waals surface area contributed by atoms with Gasteiger partial charge in [-0.1, -0.05) is 12.1 Å². The van der Waals surface area contributed by atoms with Crippen LogP contribution in [0.25, 0.3) is 0 Å². The Balaban J connectivity index is 2.78. The molecule has 0 amide bonds. The summed E-state index contributed by atoms with van der Waals surface area (Å²) in [4.78, 5) is 0.414. The Bertz CT molecular complexity index is 455. The van der Waals surface area contributed by atoms with Gasteiger partial charge >= 0.3 is 0 Å². The van der Waals surface area contributed by atoms with Crippen molar-refractivity contribution in [2.75, 3.05) is 7.05 Å². The zero-order valence-electron chi connectivity index (χ0n) is 6.99. The van der Waals surface area contributed by atoms with E-state index in [-0.39, 0.29) is 0 Å². The van der Waals surface area contributed by atoms with Gasteiger partial charge in [0.2, 0.25) is 10.0 Å². The summed E-state index contributed by atoms with van der Waals surface area (Å²) in [5.74, 6) is 0. The predicted octanol–water partition coefficient (Wildman–Crippen LogP) is 1.58. The van der Waals surface area contributed by atoms with Crippen LogP contribution in [0.3, 0.4) is 0 Å². The van der Waals surface area contributed by atoms with Gasteiger partial charge in [-0.15, -0.1) is 0 Å². The zero-order valence-corrected chi connectivity index (χ0v) is 9.39. The van der Waals surface area contributed by atoms with E-state index in [1.165, 1.54) is 4.31 Å². The van der Waals surface area contributed by atoms with E-state index in [1.807, 2.05) is 12.1 Å². The second-order valence-corrected chi connectivity index (χ2v) is 5.83. The van der Waals surface area contributed by atoms with Gasteiger partial charge in [-0.25, -0.2) is 8.42 Å². The van der Waals surface area contributed by atoms with E-state index >= 15 is 0 Å². The number of halogens is 1. The Morgan fingerprint density at radius 1 is 1.46 bits per heavy atom. The number of hydrogen-bond acceptors (Lipinski definition) is 2. The zero-order chi connectivity index (χ0) is 9.64. The first-order valence-electron chi connectivity index (χ1n) is 3.77. The van der Waals surface area contributed by atoms with Crippen LogP contribution in [0.15, 0.2) is 27.6 Å². The van der Waals surface area contributed by atoms with Gasteiger partial charge in [0.25, 0.3) is 0 Å². The van der Waals surface area contributed by atoms with Gasteiger partial charge in [-0.2, -0.15) is 4.31 Å². The Kier molecular flexibility index (Phi) is 1.98. The fraction of sp³-hybridized carbons (Fsp3) is 0.250. The summed E-state index contributed by atoms with van der Waals surface area (Å²) >= 11 is 3.24. The number of sulfonamides is 1. The van der Waals surface area contributed by atoms with Crippen LogP contribution in [0.4, 0.5) is 0 Å². The number of nitrogens with zero attached hydrogens (tertiary/aromatic N) is 1. The second-order valence-electron chi connectivity index (χ2n) is 2.99. The highest BCUT2D eigenvalue weighted by Crippen LogP contribution is 2.34. The van der Waals surface area contributed by atoms with Gasteiger partial charge in [0, 0.05) is 18.1 Å². The van der Waals surface area contributed by atoms with Crippen molar-refractivity contribution in [1.82, 2.24) is 4.31 Å². The SMILES string of the molecule is CN1Cc2cccc(Br)c2S1(=O)=O. The molecule has 1 aromatic carbocycles. The summed E-state index contributed by atoms with van der Waals surface area (Å²) in [5.41, 5.74) is 0.858. The lowest BCUT2D eigenvalue weighted by Crippen LogP contribution is -2.18. The van der Waals surface area contributed by atoms with E-state index in [0.717, 1.165) is 5.56 Å². The maximum absolute atomic E-state index is 11.7. The highest BCUT2D eigenvalue weighted by Gasteiger charge is 2.33. The lowest BCUT2D eigenvalue weighted by Gasteiger charge is -2.05. The molecule has 1 aromatic rings. The van der Waals surface area contributed by atoms with Crippen LogP contribution >= 0.6 is 15.9 Å². The van der Waals surface area contributed by atoms with Crippen molar-refractivity contribution in [2.45, 2.75) is 11.4 Å². The van der Waals surface area contributed by atoms with Gasteiger partial charge in [0.1, 0.15) is 4.90 Å². The number of benzene rings is 1. The molecule has 2 rings (SSSR count). The third kappa shape index (κ3) is 1.22. The molecule has 1 aliphatic heterocycles. The molecule has 0 unspecified atom stereocenters. The van der Waals surface area contributed by atoms with Gasteiger partial charge in [-0.3, -0.25) is 0 Å². The van der Waals surface area contributed by atoms with Crippen LogP contribution in [-0.2, 0) is 16.6 Å². The smallest absolute Gasteiger partial charge is 0.207 e. The molecule has 0 fully saturated rings. The van der Waals surface area contributed by atoms with Gasteiger partial charge in [0.15, 0.2) is 0 Å². The molecule has 70 valence electrons. The lowest BCUT2D eigenvalue weighted by atomic mass is 10.2. The maximum atomic E-state index is 11.7. The van der Waals surface area contributed by atoms with Crippen LogP contribution in [-0.4, -0.2) is 19.8 Å². The minimum Gasteiger partial charge on any atom is -0.207 e. The van der Waals surface area contributed by atoms with Gasteiger partial charge in [0.05, 0.1) is 0 Å². The van der Waals surface area contributed by atoms with Crippen LogP contribution in [0.1, 0.15) is 5.56 Å². The van der Waals surface area contributed by atoms with Crippen molar-refractivity contribution in [3.05, 3.63) is 28.2 Å². The van der Waals surface area contributed by atoms with Gasteiger partial charge in [-0.05, 0) is 27.6 Å². The summed E-state index contributed by atoms with van der Waals surface area (Å²) in [5, 5.41) is 0. The average molecular weight is 262 g/mol. The topological polar surface area (TPSA) is 37.4 Å². The first-order chi connectivity index (χ1) is 6.03. The molecule has 1 aliphatic rings. The molecule has 0 N–H and O–H groups in total. The third-order valence-corrected chi connectivity index (χ3v) is 4.98. The Morgan fingerprint density at radius 3 is 2.77 bits per heavy atom. The van der Waals surface area contributed by atoms with Crippen molar-refractivity contribution in [2.24, 2.45) is 0 Å². The molecular formula is C8H8BrNO2S. The fourth-order valence-electron chi connectivity index (χ4n) is 1.45. The maximum Gasteiger partial charge on any atom is 0.244 e. The molecule has 0 radical (unpaired) electrons. The predicted molar refractivity (Wildman–Crippen MR) is 52.8 cm³/mol. The minimum atomic E-state index is -3.23. The van der Waals surface area contributed by atoms with Crippen LogP contribution < -0.4 is 0 Å². The average Bonchev–Trinajstić information content (AvgIpc) is 2.24. The fourth-order valence-corrected chi connectivity index (χ4v) is 3.87. The molecule has 13 heavy (non-hydrogen) atoms. The Morgan fingerprint density at radius 2 is 2.15 bits per heavy atom. The van der Waals surface area contributed by atoms with Crippen molar-refractivity contribution in [3.8, 4) is 0 Å². The number of hydrogen-bond donors (Lipinski definition) is 0. The number of fused-ring (bicyclic) bond motifs is 1. The van der Waals surface area contributed by atoms with E-state index in [4.69, 9.17) is 0 Å².